The van der Waals surface area contributed by atoms with Crippen LogP contribution in [0.4, 0.5) is 0 Å². The van der Waals surface area contributed by atoms with Gasteiger partial charge in [0.25, 0.3) is 0 Å². The summed E-state index contributed by atoms with van der Waals surface area (Å²) >= 11 is 3.12. The quantitative estimate of drug-likeness (QED) is 0.731. The first-order chi connectivity index (χ1) is 10.3. The molecular weight excluding hydrogens is 308 g/mol. The molecule has 21 heavy (non-hydrogen) atoms. The minimum absolute atomic E-state index is 0.126. The van der Waals surface area contributed by atoms with E-state index in [1.54, 1.807) is 15.9 Å². The van der Waals surface area contributed by atoms with Crippen molar-refractivity contribution in [2.24, 2.45) is 0 Å². The Labute approximate surface area is 128 Å². The molecule has 0 amide bonds. The largest absolute Gasteiger partial charge is 0.355 e. The number of aromatic amines is 1. The highest BCUT2D eigenvalue weighted by Gasteiger charge is 2.28. The first-order valence-corrected chi connectivity index (χ1v) is 8.47. The minimum Gasteiger partial charge on any atom is -0.355 e. The van der Waals surface area contributed by atoms with Crippen LogP contribution in [0.3, 0.4) is 0 Å². The van der Waals surface area contributed by atoms with Crippen LogP contribution < -0.4 is 5.69 Å². The maximum Gasteiger partial charge on any atom is 0.344 e. The van der Waals surface area contributed by atoms with Gasteiger partial charge in [0, 0.05) is 17.9 Å². The molecule has 8 heteroatoms. The normalized spacial score (nSPS) is 14.7. The van der Waals surface area contributed by atoms with Crippen molar-refractivity contribution in [2.75, 3.05) is 0 Å². The Morgan fingerprint density at radius 2 is 2.43 bits per heavy atom. The van der Waals surface area contributed by atoms with Crippen molar-refractivity contribution in [3.8, 4) is 10.6 Å². The molecule has 0 saturated heterocycles. The molecule has 1 saturated carbocycles. The summed E-state index contributed by atoms with van der Waals surface area (Å²) in [7, 11) is 0. The van der Waals surface area contributed by atoms with E-state index in [2.05, 4.69) is 15.4 Å². The van der Waals surface area contributed by atoms with Gasteiger partial charge in [-0.2, -0.15) is 0 Å². The molecule has 0 aliphatic heterocycles. The van der Waals surface area contributed by atoms with Crippen molar-refractivity contribution < 1.29 is 4.52 Å². The van der Waals surface area contributed by atoms with Crippen molar-refractivity contribution in [2.45, 2.75) is 29.8 Å². The zero-order valence-corrected chi connectivity index (χ0v) is 12.6. The first kappa shape index (κ1) is 12.9. The molecule has 1 aliphatic rings. The van der Waals surface area contributed by atoms with Gasteiger partial charge in [-0.1, -0.05) is 23.0 Å². The zero-order chi connectivity index (χ0) is 14.2. The maximum atomic E-state index is 11.7. The number of aromatic nitrogens is 4. The summed E-state index contributed by atoms with van der Waals surface area (Å²) in [5.74, 6) is 1.41. The van der Waals surface area contributed by atoms with Crippen molar-refractivity contribution in [1.82, 2.24) is 19.9 Å². The third-order valence-corrected chi connectivity index (χ3v) is 5.13. The number of thiophene rings is 1. The van der Waals surface area contributed by atoms with Gasteiger partial charge in [-0.05, 0) is 24.3 Å². The van der Waals surface area contributed by atoms with E-state index in [9.17, 15) is 4.79 Å². The lowest BCUT2D eigenvalue weighted by Crippen LogP contribution is -2.16. The fraction of sp³-hybridized carbons (Fsp3) is 0.308. The van der Waals surface area contributed by atoms with Crippen LogP contribution >= 0.6 is 23.1 Å². The number of H-pyrrole nitrogens is 1. The van der Waals surface area contributed by atoms with Gasteiger partial charge in [0.15, 0.2) is 10.9 Å². The second-order valence-corrected chi connectivity index (χ2v) is 6.75. The van der Waals surface area contributed by atoms with Gasteiger partial charge < -0.3 is 4.52 Å². The summed E-state index contributed by atoms with van der Waals surface area (Å²) in [5.41, 5.74) is 0.723. The molecule has 1 N–H and O–H groups in total. The minimum atomic E-state index is -0.126. The highest BCUT2D eigenvalue weighted by molar-refractivity contribution is 7.98. The SMILES string of the molecule is O=c1[nH]nc(SCc2cc(-c3cccs3)on2)n1C1CC1. The van der Waals surface area contributed by atoms with Gasteiger partial charge >= 0.3 is 5.69 Å². The van der Waals surface area contributed by atoms with Crippen LogP contribution in [0.2, 0.25) is 0 Å². The molecule has 1 fully saturated rings. The van der Waals surface area contributed by atoms with Crippen LogP contribution in [-0.2, 0) is 5.75 Å². The molecular formula is C13H12N4O2S2. The van der Waals surface area contributed by atoms with Crippen LogP contribution in [0, 0.1) is 0 Å². The average Bonchev–Trinajstić information content (AvgIpc) is 2.94. The molecule has 0 spiro atoms. The summed E-state index contributed by atoms with van der Waals surface area (Å²) in [4.78, 5) is 12.8. The fourth-order valence-corrected chi connectivity index (χ4v) is 3.67. The lowest BCUT2D eigenvalue weighted by atomic mass is 10.3. The lowest BCUT2D eigenvalue weighted by Gasteiger charge is -2.00. The van der Waals surface area contributed by atoms with Gasteiger partial charge in [0.05, 0.1) is 10.6 Å². The van der Waals surface area contributed by atoms with E-state index in [1.165, 1.54) is 11.8 Å². The number of hydrogen-bond donors (Lipinski definition) is 1. The van der Waals surface area contributed by atoms with Crippen LogP contribution in [0.5, 0.6) is 0 Å². The molecule has 0 radical (unpaired) electrons. The Balaban J connectivity index is 1.49. The Hall–Kier alpha value is -1.80. The molecule has 6 nitrogen and oxygen atoms in total. The smallest absolute Gasteiger partial charge is 0.344 e. The third-order valence-electron chi connectivity index (χ3n) is 3.26. The molecule has 0 atom stereocenters. The third kappa shape index (κ3) is 2.56. The summed E-state index contributed by atoms with van der Waals surface area (Å²) in [6.45, 7) is 0. The van der Waals surface area contributed by atoms with Crippen LogP contribution in [0.25, 0.3) is 10.6 Å². The van der Waals surface area contributed by atoms with Crippen LogP contribution in [0.1, 0.15) is 24.6 Å². The number of rotatable bonds is 5. The molecule has 108 valence electrons. The fourth-order valence-electron chi connectivity index (χ4n) is 2.10. The Morgan fingerprint density at radius 1 is 1.52 bits per heavy atom. The highest BCUT2D eigenvalue weighted by atomic mass is 32.2. The molecule has 3 aromatic rings. The first-order valence-electron chi connectivity index (χ1n) is 6.60. The molecule has 4 rings (SSSR count). The van der Waals surface area contributed by atoms with E-state index in [0.29, 0.717) is 11.8 Å². The Kier molecular flexibility index (Phi) is 3.19. The molecule has 1 aliphatic carbocycles. The van der Waals surface area contributed by atoms with Crippen LogP contribution in [-0.4, -0.2) is 19.9 Å². The summed E-state index contributed by atoms with van der Waals surface area (Å²) in [5, 5.41) is 13.4. The van der Waals surface area contributed by atoms with Gasteiger partial charge in [-0.15, -0.1) is 16.4 Å². The van der Waals surface area contributed by atoms with E-state index in [-0.39, 0.29) is 5.69 Å². The average molecular weight is 320 g/mol. The topological polar surface area (TPSA) is 76.7 Å². The molecule has 3 aromatic heterocycles. The van der Waals surface area contributed by atoms with E-state index in [1.807, 2.05) is 23.6 Å². The summed E-state index contributed by atoms with van der Waals surface area (Å²) < 4.78 is 7.08. The van der Waals surface area contributed by atoms with Crippen LogP contribution in [0.15, 0.2) is 38.1 Å². The molecule has 0 unspecified atom stereocenters. The lowest BCUT2D eigenvalue weighted by molar-refractivity contribution is 0.427. The van der Waals surface area contributed by atoms with E-state index in [4.69, 9.17) is 4.52 Å². The second-order valence-electron chi connectivity index (χ2n) is 4.86. The van der Waals surface area contributed by atoms with Gasteiger partial charge in [-0.25, -0.2) is 9.89 Å². The van der Waals surface area contributed by atoms with Crippen molar-refractivity contribution >= 4 is 23.1 Å². The van der Waals surface area contributed by atoms with Crippen molar-refractivity contribution in [3.05, 3.63) is 39.8 Å². The highest BCUT2D eigenvalue weighted by Crippen LogP contribution is 2.36. The van der Waals surface area contributed by atoms with Gasteiger partial charge in [-0.3, -0.25) is 4.57 Å². The Morgan fingerprint density at radius 3 is 3.19 bits per heavy atom. The number of nitrogens with one attached hydrogen (secondary N) is 1. The summed E-state index contributed by atoms with van der Waals surface area (Å²) in [6, 6.07) is 6.23. The predicted octanol–water partition coefficient (Wildman–Crippen LogP) is 2.92. The zero-order valence-electron chi connectivity index (χ0n) is 11.0. The van der Waals surface area contributed by atoms with E-state index in [0.717, 1.165) is 34.3 Å². The standard InChI is InChI=1S/C13H12N4O2S2/c18-12-14-15-13(17(12)9-3-4-9)21-7-8-6-10(19-16-8)11-2-1-5-20-11/h1-2,5-6,9H,3-4,7H2,(H,14,18). The molecule has 3 heterocycles. The van der Waals surface area contributed by atoms with Crippen molar-refractivity contribution in [1.29, 1.82) is 0 Å². The second kappa shape index (κ2) is 5.19. The number of hydrogen-bond acceptors (Lipinski definition) is 6. The predicted molar refractivity (Wildman–Crippen MR) is 80.5 cm³/mol. The maximum absolute atomic E-state index is 11.7. The van der Waals surface area contributed by atoms with Gasteiger partial charge in [0.2, 0.25) is 0 Å². The number of thioether (sulfide) groups is 1. The Bertz CT molecular complexity index is 798. The van der Waals surface area contributed by atoms with E-state index >= 15 is 0 Å². The van der Waals surface area contributed by atoms with Gasteiger partial charge in [0.1, 0.15) is 0 Å². The van der Waals surface area contributed by atoms with Crippen molar-refractivity contribution in [3.63, 3.8) is 0 Å². The van der Waals surface area contributed by atoms with E-state index < -0.39 is 0 Å². The monoisotopic (exact) mass is 320 g/mol. The summed E-state index contributed by atoms with van der Waals surface area (Å²) in [6.07, 6.45) is 2.11. The molecule has 0 aromatic carbocycles. The molecule has 0 bridgehead atoms. The number of nitrogens with zero attached hydrogens (tertiary/aromatic N) is 3.